The number of nitrogens with zero attached hydrogens (tertiary/aromatic N) is 1. The second kappa shape index (κ2) is 5.82. The van der Waals surface area contributed by atoms with Crippen LogP contribution in [-0.4, -0.2) is 24.0 Å². The first-order chi connectivity index (χ1) is 9.83. The van der Waals surface area contributed by atoms with Crippen molar-refractivity contribution in [1.29, 1.82) is 0 Å². The first-order valence-corrected chi connectivity index (χ1v) is 7.13. The van der Waals surface area contributed by atoms with Crippen LogP contribution in [0.5, 0.6) is 0 Å². The van der Waals surface area contributed by atoms with Gasteiger partial charge in [0.05, 0.1) is 0 Å². The van der Waals surface area contributed by atoms with Gasteiger partial charge in [-0.3, -0.25) is 4.79 Å². The average molecular weight is 269 g/mol. The first kappa shape index (κ1) is 12.8. The number of hydrogen-bond donors (Lipinski definition) is 2. The molecule has 20 heavy (non-hydrogen) atoms. The average Bonchev–Trinajstić information content (AvgIpc) is 3.03. The largest absolute Gasteiger partial charge is 0.372 e. The van der Waals surface area contributed by atoms with Crippen LogP contribution in [0.4, 0.5) is 11.4 Å². The van der Waals surface area contributed by atoms with Crippen molar-refractivity contribution in [2.75, 3.05) is 23.3 Å². The Morgan fingerprint density at radius 2 is 1.80 bits per heavy atom. The lowest BCUT2D eigenvalue weighted by Crippen LogP contribution is -2.29. The highest BCUT2D eigenvalue weighted by Gasteiger charge is 2.11. The zero-order valence-corrected chi connectivity index (χ0v) is 11.4. The molecule has 4 nitrogen and oxygen atoms in total. The smallest absolute Gasteiger partial charge is 0.272 e. The van der Waals surface area contributed by atoms with E-state index < -0.39 is 0 Å². The van der Waals surface area contributed by atoms with E-state index in [9.17, 15) is 4.79 Å². The lowest BCUT2D eigenvalue weighted by Gasteiger charge is -2.28. The van der Waals surface area contributed by atoms with Crippen LogP contribution in [-0.2, 0) is 0 Å². The molecule has 4 heteroatoms. The van der Waals surface area contributed by atoms with Crippen LogP contribution < -0.4 is 10.2 Å². The molecule has 3 rings (SSSR count). The molecule has 1 aromatic carbocycles. The van der Waals surface area contributed by atoms with Gasteiger partial charge in [0.1, 0.15) is 5.69 Å². The van der Waals surface area contributed by atoms with Gasteiger partial charge in [-0.05, 0) is 55.7 Å². The fraction of sp³-hybridized carbons (Fsp3) is 0.312. The van der Waals surface area contributed by atoms with Crippen molar-refractivity contribution in [3.8, 4) is 0 Å². The van der Waals surface area contributed by atoms with Gasteiger partial charge in [0.25, 0.3) is 5.91 Å². The number of aromatic amines is 1. The van der Waals surface area contributed by atoms with Gasteiger partial charge in [-0.15, -0.1) is 0 Å². The number of benzene rings is 1. The maximum absolute atomic E-state index is 11.9. The summed E-state index contributed by atoms with van der Waals surface area (Å²) in [6.45, 7) is 2.27. The molecule has 104 valence electrons. The lowest BCUT2D eigenvalue weighted by atomic mass is 10.1. The first-order valence-electron chi connectivity index (χ1n) is 7.13. The Bertz CT molecular complexity index is 554. The molecule has 1 aromatic heterocycles. The number of carbonyl (C=O) groups excluding carboxylic acids is 1. The number of amides is 1. The summed E-state index contributed by atoms with van der Waals surface area (Å²) in [5.41, 5.74) is 2.64. The maximum Gasteiger partial charge on any atom is 0.272 e. The Balaban J connectivity index is 1.65. The molecule has 0 bridgehead atoms. The predicted molar refractivity (Wildman–Crippen MR) is 81.3 cm³/mol. The molecule has 1 aliphatic rings. The Kier molecular flexibility index (Phi) is 3.72. The summed E-state index contributed by atoms with van der Waals surface area (Å²) in [7, 11) is 0. The number of hydrogen-bond acceptors (Lipinski definition) is 2. The number of piperidine rings is 1. The molecular formula is C16H19N3O. The highest BCUT2D eigenvalue weighted by molar-refractivity contribution is 6.02. The van der Waals surface area contributed by atoms with E-state index in [1.165, 1.54) is 24.9 Å². The number of H-pyrrole nitrogens is 1. The molecule has 0 radical (unpaired) electrons. The molecule has 1 saturated heterocycles. The number of aromatic nitrogens is 1. The fourth-order valence-electron chi connectivity index (χ4n) is 2.58. The normalized spacial score (nSPS) is 15.1. The summed E-state index contributed by atoms with van der Waals surface area (Å²) in [5.74, 6) is -0.110. The number of nitrogens with one attached hydrogen (secondary N) is 2. The van der Waals surface area contributed by atoms with Crippen LogP contribution in [0.25, 0.3) is 0 Å². The molecule has 0 unspecified atom stereocenters. The van der Waals surface area contributed by atoms with Gasteiger partial charge < -0.3 is 15.2 Å². The third kappa shape index (κ3) is 2.85. The molecule has 0 atom stereocenters. The number of carbonyl (C=O) groups is 1. The second-order valence-electron chi connectivity index (χ2n) is 5.13. The van der Waals surface area contributed by atoms with E-state index in [0.29, 0.717) is 5.69 Å². The Morgan fingerprint density at radius 1 is 1.05 bits per heavy atom. The molecule has 0 spiro atoms. The van der Waals surface area contributed by atoms with Crippen LogP contribution in [0.2, 0.25) is 0 Å². The van der Waals surface area contributed by atoms with Gasteiger partial charge in [-0.2, -0.15) is 0 Å². The molecule has 1 amide bonds. The van der Waals surface area contributed by atoms with E-state index >= 15 is 0 Å². The van der Waals surface area contributed by atoms with E-state index in [1.54, 1.807) is 12.3 Å². The monoisotopic (exact) mass is 269 g/mol. The predicted octanol–water partition coefficient (Wildman–Crippen LogP) is 3.26. The van der Waals surface area contributed by atoms with Gasteiger partial charge in [0, 0.05) is 30.7 Å². The van der Waals surface area contributed by atoms with Crippen LogP contribution in [0, 0.1) is 0 Å². The van der Waals surface area contributed by atoms with Crippen LogP contribution >= 0.6 is 0 Å². The molecule has 2 heterocycles. The second-order valence-corrected chi connectivity index (χ2v) is 5.13. The van der Waals surface area contributed by atoms with Crippen molar-refractivity contribution in [3.63, 3.8) is 0 Å². The van der Waals surface area contributed by atoms with E-state index in [1.807, 2.05) is 18.2 Å². The molecule has 0 saturated carbocycles. The van der Waals surface area contributed by atoms with Crippen LogP contribution in [0.3, 0.4) is 0 Å². The van der Waals surface area contributed by atoms with Crippen molar-refractivity contribution >= 4 is 17.3 Å². The van der Waals surface area contributed by atoms with Gasteiger partial charge in [0.15, 0.2) is 0 Å². The minimum absolute atomic E-state index is 0.110. The lowest BCUT2D eigenvalue weighted by molar-refractivity contribution is 0.102. The standard InChI is InChI=1S/C16H19N3O/c20-16(15-5-4-10-17-15)18-13-6-8-14(9-7-13)19-11-2-1-3-12-19/h4-10,17H,1-3,11-12H2,(H,18,20). The van der Waals surface area contributed by atoms with Crippen molar-refractivity contribution in [2.45, 2.75) is 19.3 Å². The van der Waals surface area contributed by atoms with Crippen molar-refractivity contribution in [2.24, 2.45) is 0 Å². The van der Waals surface area contributed by atoms with Crippen molar-refractivity contribution in [3.05, 3.63) is 48.3 Å². The SMILES string of the molecule is O=C(Nc1ccc(N2CCCCC2)cc1)c1ccc[nH]1. The minimum Gasteiger partial charge on any atom is -0.372 e. The Hall–Kier alpha value is -2.23. The van der Waals surface area contributed by atoms with E-state index in [2.05, 4.69) is 27.3 Å². The van der Waals surface area contributed by atoms with Gasteiger partial charge in [-0.1, -0.05) is 0 Å². The minimum atomic E-state index is -0.110. The Morgan fingerprint density at radius 3 is 2.45 bits per heavy atom. The molecule has 1 aliphatic heterocycles. The van der Waals surface area contributed by atoms with Crippen molar-refractivity contribution < 1.29 is 4.79 Å². The van der Waals surface area contributed by atoms with Gasteiger partial charge in [-0.25, -0.2) is 0 Å². The Labute approximate surface area is 118 Å². The summed E-state index contributed by atoms with van der Waals surface area (Å²) in [6.07, 6.45) is 5.62. The third-order valence-electron chi connectivity index (χ3n) is 3.69. The third-order valence-corrected chi connectivity index (χ3v) is 3.69. The van der Waals surface area contributed by atoms with E-state index in [4.69, 9.17) is 0 Å². The summed E-state index contributed by atoms with van der Waals surface area (Å²) >= 11 is 0. The molecule has 2 N–H and O–H groups in total. The summed E-state index contributed by atoms with van der Waals surface area (Å²) in [6, 6.07) is 11.7. The summed E-state index contributed by atoms with van der Waals surface area (Å²) in [5, 5.41) is 2.89. The van der Waals surface area contributed by atoms with Gasteiger partial charge in [0.2, 0.25) is 0 Å². The van der Waals surface area contributed by atoms with Crippen LogP contribution in [0.1, 0.15) is 29.8 Å². The highest BCUT2D eigenvalue weighted by atomic mass is 16.1. The topological polar surface area (TPSA) is 48.1 Å². The molecule has 1 fully saturated rings. The summed E-state index contributed by atoms with van der Waals surface area (Å²) in [4.78, 5) is 17.2. The van der Waals surface area contributed by atoms with Crippen LogP contribution in [0.15, 0.2) is 42.6 Å². The van der Waals surface area contributed by atoms with E-state index in [-0.39, 0.29) is 5.91 Å². The highest BCUT2D eigenvalue weighted by Crippen LogP contribution is 2.21. The zero-order valence-electron chi connectivity index (χ0n) is 11.4. The van der Waals surface area contributed by atoms with Gasteiger partial charge >= 0.3 is 0 Å². The molecule has 0 aliphatic carbocycles. The number of rotatable bonds is 3. The quantitative estimate of drug-likeness (QED) is 0.898. The number of anilines is 2. The summed E-state index contributed by atoms with van der Waals surface area (Å²) < 4.78 is 0. The van der Waals surface area contributed by atoms with Crippen molar-refractivity contribution in [1.82, 2.24) is 4.98 Å². The molecular weight excluding hydrogens is 250 g/mol. The van der Waals surface area contributed by atoms with E-state index in [0.717, 1.165) is 18.8 Å². The maximum atomic E-state index is 11.9. The molecule has 2 aromatic rings. The fourth-order valence-corrected chi connectivity index (χ4v) is 2.58. The zero-order chi connectivity index (χ0) is 13.8.